The van der Waals surface area contributed by atoms with Crippen molar-refractivity contribution in [3.05, 3.63) is 103 Å². The van der Waals surface area contributed by atoms with Crippen LogP contribution in [-0.4, -0.2) is 77.2 Å². The van der Waals surface area contributed by atoms with Crippen LogP contribution in [0.4, 0.5) is 11.4 Å². The minimum Gasteiger partial charge on any atom is -0.487 e. The van der Waals surface area contributed by atoms with E-state index in [0.717, 1.165) is 27.2 Å². The fourth-order valence-electron chi connectivity index (χ4n) is 5.22. The van der Waals surface area contributed by atoms with Crippen molar-refractivity contribution in [2.45, 2.75) is 0 Å². The number of fused-ring (bicyclic) bond motifs is 3. The van der Waals surface area contributed by atoms with Crippen LogP contribution >= 0.6 is 12.2 Å². The van der Waals surface area contributed by atoms with Crippen LogP contribution in [0.25, 0.3) is 21.5 Å². The Kier molecular flexibility index (Phi) is 12.2. The number of rotatable bonds is 4. The number of anilines is 2. The zero-order valence-electron chi connectivity index (χ0n) is 27.0. The van der Waals surface area contributed by atoms with E-state index in [0.29, 0.717) is 87.5 Å². The number of hydrogen-bond donors (Lipinski definition) is 2. The molecular formula is C38H38N2O8S. The molecule has 254 valence electrons. The van der Waals surface area contributed by atoms with Crippen molar-refractivity contribution >= 4 is 56.2 Å². The summed E-state index contributed by atoms with van der Waals surface area (Å²) in [6, 6.07) is 30.5. The molecule has 0 spiro atoms. The highest BCUT2D eigenvalue weighted by Crippen LogP contribution is 2.33. The van der Waals surface area contributed by atoms with Crippen LogP contribution in [0.5, 0.6) is 17.2 Å². The minimum absolute atomic E-state index is 0.244. The van der Waals surface area contributed by atoms with E-state index in [2.05, 4.69) is 10.6 Å². The van der Waals surface area contributed by atoms with Crippen LogP contribution in [0, 0.1) is 0 Å². The van der Waals surface area contributed by atoms with Crippen molar-refractivity contribution in [3.63, 3.8) is 0 Å². The summed E-state index contributed by atoms with van der Waals surface area (Å²) in [4.78, 5) is 13.6. The van der Waals surface area contributed by atoms with Crippen LogP contribution in [0.3, 0.4) is 0 Å². The fourth-order valence-corrected chi connectivity index (χ4v) is 5.44. The summed E-state index contributed by atoms with van der Waals surface area (Å²) in [5.74, 6) is 0.599. The molecule has 0 aliphatic carbocycles. The molecule has 1 aliphatic heterocycles. The Bertz CT molecular complexity index is 1880. The molecule has 11 heteroatoms. The molecule has 0 bridgehead atoms. The lowest BCUT2D eigenvalue weighted by Gasteiger charge is -2.17. The molecule has 5 aromatic rings. The molecular weight excluding hydrogens is 644 g/mol. The maximum absolute atomic E-state index is 13.6. The number of carbonyl (C=O) groups excluding carboxylic acids is 1. The number of esters is 1. The third-order valence-corrected chi connectivity index (χ3v) is 7.81. The largest absolute Gasteiger partial charge is 0.487 e. The normalized spacial score (nSPS) is 15.1. The first-order valence-electron chi connectivity index (χ1n) is 16.2. The van der Waals surface area contributed by atoms with Crippen LogP contribution in [0.1, 0.15) is 10.4 Å². The topological polar surface area (TPSA) is 106 Å². The SMILES string of the molecule is O=C(Oc1cc2ccccc2cc1NC(=S)Nc1cccc2ccccc12)c1ccc2c(c1)OCCOCCOCCOCCOCCO2. The summed E-state index contributed by atoms with van der Waals surface area (Å²) in [5.41, 5.74) is 1.67. The summed E-state index contributed by atoms with van der Waals surface area (Å²) in [7, 11) is 0. The van der Waals surface area contributed by atoms with Crippen molar-refractivity contribution in [3.8, 4) is 17.2 Å². The molecule has 0 radical (unpaired) electrons. The van der Waals surface area contributed by atoms with Crippen molar-refractivity contribution in [2.24, 2.45) is 0 Å². The first-order chi connectivity index (χ1) is 24.1. The van der Waals surface area contributed by atoms with E-state index in [1.165, 1.54) is 0 Å². The smallest absolute Gasteiger partial charge is 0.343 e. The second-order valence-electron chi connectivity index (χ2n) is 11.0. The molecule has 0 aromatic heterocycles. The lowest BCUT2D eigenvalue weighted by molar-refractivity contribution is -0.00842. The fraction of sp³-hybridized carbons (Fsp3) is 0.263. The molecule has 10 nitrogen and oxygen atoms in total. The van der Waals surface area contributed by atoms with Gasteiger partial charge in [-0.15, -0.1) is 0 Å². The van der Waals surface area contributed by atoms with Crippen LogP contribution in [0.2, 0.25) is 0 Å². The lowest BCUT2D eigenvalue weighted by Crippen LogP contribution is -2.20. The van der Waals surface area contributed by atoms with Gasteiger partial charge in [0.05, 0.1) is 64.1 Å². The van der Waals surface area contributed by atoms with Gasteiger partial charge in [0, 0.05) is 11.1 Å². The van der Waals surface area contributed by atoms with E-state index in [9.17, 15) is 4.79 Å². The number of nitrogens with one attached hydrogen (secondary N) is 2. The quantitative estimate of drug-likeness (QED) is 0.118. The van der Waals surface area contributed by atoms with Crippen molar-refractivity contribution < 1.29 is 38.0 Å². The summed E-state index contributed by atoms with van der Waals surface area (Å²) < 4.78 is 40.2. The zero-order valence-corrected chi connectivity index (χ0v) is 27.8. The van der Waals surface area contributed by atoms with Gasteiger partial charge in [0.2, 0.25) is 0 Å². The summed E-state index contributed by atoms with van der Waals surface area (Å²) >= 11 is 5.72. The lowest BCUT2D eigenvalue weighted by atomic mass is 10.1. The second-order valence-corrected chi connectivity index (χ2v) is 11.4. The Morgan fingerprint density at radius 2 is 1.10 bits per heavy atom. The Balaban J connectivity index is 1.19. The molecule has 1 aliphatic rings. The Morgan fingerprint density at radius 3 is 1.80 bits per heavy atom. The number of thiocarbonyl (C=S) groups is 1. The highest BCUT2D eigenvalue weighted by atomic mass is 32.1. The maximum atomic E-state index is 13.6. The van der Waals surface area contributed by atoms with Gasteiger partial charge < -0.3 is 43.8 Å². The van der Waals surface area contributed by atoms with Gasteiger partial charge in [-0.2, -0.15) is 0 Å². The monoisotopic (exact) mass is 682 g/mol. The average molecular weight is 683 g/mol. The average Bonchev–Trinajstić information content (AvgIpc) is 3.11. The highest BCUT2D eigenvalue weighted by Gasteiger charge is 2.18. The van der Waals surface area contributed by atoms with Gasteiger partial charge in [-0.3, -0.25) is 0 Å². The number of carbonyl (C=O) groups is 1. The highest BCUT2D eigenvalue weighted by molar-refractivity contribution is 7.80. The van der Waals surface area contributed by atoms with Crippen molar-refractivity contribution in [1.82, 2.24) is 0 Å². The molecule has 0 atom stereocenters. The molecule has 0 saturated carbocycles. The first-order valence-corrected chi connectivity index (χ1v) is 16.6. The number of hydrogen-bond acceptors (Lipinski definition) is 9. The third kappa shape index (κ3) is 9.65. The molecule has 1 heterocycles. The van der Waals surface area contributed by atoms with Gasteiger partial charge in [-0.25, -0.2) is 4.79 Å². The Labute approximate surface area is 290 Å². The summed E-state index contributed by atoms with van der Waals surface area (Å²) in [6.45, 7) is 3.99. The van der Waals surface area contributed by atoms with Gasteiger partial charge in [0.25, 0.3) is 0 Å². The van der Waals surface area contributed by atoms with E-state index in [4.69, 9.17) is 45.4 Å². The molecule has 0 amide bonds. The molecule has 49 heavy (non-hydrogen) atoms. The van der Waals surface area contributed by atoms with Crippen LogP contribution < -0.4 is 24.8 Å². The molecule has 6 rings (SSSR count). The van der Waals surface area contributed by atoms with E-state index in [1.54, 1.807) is 18.2 Å². The van der Waals surface area contributed by atoms with Crippen molar-refractivity contribution in [2.75, 3.05) is 76.7 Å². The summed E-state index contributed by atoms with van der Waals surface area (Å²) in [6.07, 6.45) is 0. The van der Waals surface area contributed by atoms with E-state index >= 15 is 0 Å². The molecule has 2 N–H and O–H groups in total. The summed E-state index contributed by atoms with van der Waals surface area (Å²) in [5, 5.41) is 10.9. The predicted octanol–water partition coefficient (Wildman–Crippen LogP) is 6.86. The van der Waals surface area contributed by atoms with Gasteiger partial charge >= 0.3 is 5.97 Å². The van der Waals surface area contributed by atoms with Gasteiger partial charge in [-0.1, -0.05) is 60.7 Å². The predicted molar refractivity (Wildman–Crippen MR) is 193 cm³/mol. The molecule has 5 aromatic carbocycles. The third-order valence-electron chi connectivity index (χ3n) is 7.60. The maximum Gasteiger partial charge on any atom is 0.343 e. The van der Waals surface area contributed by atoms with Gasteiger partial charge in [0.1, 0.15) is 13.2 Å². The minimum atomic E-state index is -0.575. The standard InChI is InChI=1S/C38H38N2O8S/c41-37(30-12-13-34-36(26-30)47-23-21-45-19-17-43-15-14-42-16-18-44-20-22-46-34)48-35-25-29-8-2-1-7-28(29)24-33(35)40-38(49)39-32-11-5-9-27-6-3-4-10-31(27)32/h1-13,24-26H,14-23H2,(H2,39,40,49). The Morgan fingerprint density at radius 1 is 0.551 bits per heavy atom. The van der Waals surface area contributed by atoms with Crippen molar-refractivity contribution in [1.29, 1.82) is 0 Å². The van der Waals surface area contributed by atoms with Gasteiger partial charge in [-0.05, 0) is 64.8 Å². The van der Waals surface area contributed by atoms with E-state index in [1.807, 2.05) is 78.9 Å². The number of ether oxygens (including phenoxy) is 7. The van der Waals surface area contributed by atoms with Crippen LogP contribution in [-0.2, 0) is 18.9 Å². The van der Waals surface area contributed by atoms with E-state index < -0.39 is 5.97 Å². The molecule has 0 fully saturated rings. The van der Waals surface area contributed by atoms with E-state index in [-0.39, 0.29) is 12.2 Å². The second kappa shape index (κ2) is 17.6. The van der Waals surface area contributed by atoms with Gasteiger partial charge in [0.15, 0.2) is 22.4 Å². The first kappa shape index (κ1) is 34.1. The molecule has 0 saturated heterocycles. The number of benzene rings is 5. The van der Waals surface area contributed by atoms with Crippen LogP contribution in [0.15, 0.2) is 97.1 Å². The zero-order chi connectivity index (χ0) is 33.7. The Hall–Kier alpha value is -4.78. The molecule has 0 unspecified atom stereocenters.